The number of hydrogen-bond acceptors (Lipinski definition) is 3. The van der Waals surface area contributed by atoms with E-state index >= 15 is 0 Å². The third-order valence-corrected chi connectivity index (χ3v) is 5.28. The van der Waals surface area contributed by atoms with Crippen LogP contribution in [0.5, 0.6) is 0 Å². The molecular weight excluding hydrogens is 316 g/mol. The lowest BCUT2D eigenvalue weighted by molar-refractivity contribution is -0.121. The fourth-order valence-electron chi connectivity index (χ4n) is 2.87. The van der Waals surface area contributed by atoms with Crippen molar-refractivity contribution < 1.29 is 4.79 Å². The van der Waals surface area contributed by atoms with E-state index in [0.717, 1.165) is 10.5 Å². The van der Waals surface area contributed by atoms with Crippen LogP contribution in [0.2, 0.25) is 0 Å². The number of amides is 1. The van der Waals surface area contributed by atoms with Crippen LogP contribution < -0.4 is 5.32 Å². The van der Waals surface area contributed by atoms with Crippen molar-refractivity contribution in [2.45, 2.75) is 39.7 Å². The Kier molecular flexibility index (Phi) is 4.95. The summed E-state index contributed by atoms with van der Waals surface area (Å²) in [4.78, 5) is 16.9. The van der Waals surface area contributed by atoms with Gasteiger partial charge in [0.2, 0.25) is 5.91 Å². The maximum absolute atomic E-state index is 12.3. The second-order valence-electron chi connectivity index (χ2n) is 6.22. The molecule has 0 aliphatic carbocycles. The van der Waals surface area contributed by atoms with Crippen molar-refractivity contribution in [3.05, 3.63) is 64.2 Å². The smallest absolute Gasteiger partial charge is 0.220 e. The Hall–Kier alpha value is -2.20. The van der Waals surface area contributed by atoms with E-state index < -0.39 is 0 Å². The van der Waals surface area contributed by atoms with Crippen LogP contribution in [-0.2, 0) is 11.2 Å². The zero-order valence-electron chi connectivity index (χ0n) is 14.3. The van der Waals surface area contributed by atoms with Crippen molar-refractivity contribution in [1.82, 2.24) is 10.3 Å². The fourth-order valence-corrected chi connectivity index (χ4v) is 3.83. The predicted molar refractivity (Wildman–Crippen MR) is 100 cm³/mol. The zero-order chi connectivity index (χ0) is 17.1. The van der Waals surface area contributed by atoms with E-state index in [1.165, 1.54) is 21.4 Å². The number of nitrogens with one attached hydrogen (secondary N) is 1. The Labute approximate surface area is 146 Å². The SMILES string of the molecule is Cc1ccc(C)c([C@H](C)NC(=O)CCc2nc3ccccc3s2)c1. The molecule has 124 valence electrons. The number of para-hydroxylation sites is 1. The van der Waals surface area contributed by atoms with Gasteiger partial charge in [-0.15, -0.1) is 11.3 Å². The quantitative estimate of drug-likeness (QED) is 0.731. The van der Waals surface area contributed by atoms with Gasteiger partial charge in [-0.3, -0.25) is 4.79 Å². The molecule has 1 amide bonds. The maximum atomic E-state index is 12.3. The molecule has 3 rings (SSSR count). The van der Waals surface area contributed by atoms with Crippen LogP contribution in [0, 0.1) is 13.8 Å². The number of thiazole rings is 1. The molecule has 0 bridgehead atoms. The molecule has 1 heterocycles. The van der Waals surface area contributed by atoms with E-state index in [2.05, 4.69) is 48.4 Å². The summed E-state index contributed by atoms with van der Waals surface area (Å²) in [5.41, 5.74) is 4.62. The summed E-state index contributed by atoms with van der Waals surface area (Å²) >= 11 is 1.67. The van der Waals surface area contributed by atoms with Crippen LogP contribution in [0.25, 0.3) is 10.2 Å². The molecule has 24 heavy (non-hydrogen) atoms. The van der Waals surface area contributed by atoms with Crippen LogP contribution in [0.4, 0.5) is 0 Å². The molecule has 3 nitrogen and oxygen atoms in total. The number of nitrogens with zero attached hydrogens (tertiary/aromatic N) is 1. The Balaban J connectivity index is 1.60. The van der Waals surface area contributed by atoms with E-state index in [1.54, 1.807) is 11.3 Å². The summed E-state index contributed by atoms with van der Waals surface area (Å²) in [7, 11) is 0. The van der Waals surface area contributed by atoms with Crippen molar-refractivity contribution in [2.75, 3.05) is 0 Å². The molecule has 0 saturated carbocycles. The first kappa shape index (κ1) is 16.7. The normalized spacial score (nSPS) is 12.3. The molecule has 0 saturated heterocycles. The van der Waals surface area contributed by atoms with Crippen molar-refractivity contribution in [2.24, 2.45) is 0 Å². The van der Waals surface area contributed by atoms with E-state index in [0.29, 0.717) is 12.8 Å². The number of aromatic nitrogens is 1. The topological polar surface area (TPSA) is 42.0 Å². The first-order valence-corrected chi connectivity index (χ1v) is 9.05. The molecule has 1 aromatic heterocycles. The van der Waals surface area contributed by atoms with Crippen LogP contribution >= 0.6 is 11.3 Å². The zero-order valence-corrected chi connectivity index (χ0v) is 15.1. The second kappa shape index (κ2) is 7.14. The summed E-state index contributed by atoms with van der Waals surface area (Å²) in [5.74, 6) is 0.0719. The summed E-state index contributed by atoms with van der Waals surface area (Å²) < 4.78 is 1.18. The molecule has 0 aliphatic heterocycles. The van der Waals surface area contributed by atoms with Gasteiger partial charge in [-0.2, -0.15) is 0 Å². The average molecular weight is 338 g/mol. The number of aryl methyl sites for hydroxylation is 3. The van der Waals surface area contributed by atoms with Gasteiger partial charge in [-0.1, -0.05) is 35.9 Å². The van der Waals surface area contributed by atoms with E-state index in [4.69, 9.17) is 0 Å². The molecule has 0 spiro atoms. The predicted octanol–water partition coefficient (Wildman–Crippen LogP) is 4.72. The molecule has 2 aromatic carbocycles. The summed E-state index contributed by atoms with van der Waals surface area (Å²) in [6.45, 7) is 6.19. The molecule has 3 aromatic rings. The van der Waals surface area contributed by atoms with Gasteiger partial charge in [-0.25, -0.2) is 4.98 Å². The number of carbonyl (C=O) groups excluding carboxylic acids is 1. The Morgan fingerprint density at radius 2 is 2.00 bits per heavy atom. The van der Waals surface area contributed by atoms with Crippen molar-refractivity contribution >= 4 is 27.5 Å². The lowest BCUT2D eigenvalue weighted by Gasteiger charge is -2.17. The first-order valence-electron chi connectivity index (χ1n) is 8.24. The number of carbonyl (C=O) groups is 1. The van der Waals surface area contributed by atoms with Crippen molar-refractivity contribution in [3.63, 3.8) is 0 Å². The highest BCUT2D eigenvalue weighted by molar-refractivity contribution is 7.18. The van der Waals surface area contributed by atoms with Crippen molar-refractivity contribution in [1.29, 1.82) is 0 Å². The second-order valence-corrected chi connectivity index (χ2v) is 7.34. The number of benzene rings is 2. The maximum Gasteiger partial charge on any atom is 0.220 e. The molecular formula is C20H22N2OS. The van der Waals surface area contributed by atoms with Gasteiger partial charge < -0.3 is 5.32 Å². The third-order valence-electron chi connectivity index (χ3n) is 4.18. The number of rotatable bonds is 5. The standard InChI is InChI=1S/C20H22N2OS/c1-13-8-9-14(2)16(12-13)15(3)21-19(23)10-11-20-22-17-6-4-5-7-18(17)24-20/h4-9,12,15H,10-11H2,1-3H3,(H,21,23)/t15-/m0/s1. The lowest BCUT2D eigenvalue weighted by atomic mass is 10.00. The van der Waals surface area contributed by atoms with E-state index in [9.17, 15) is 4.79 Å². The highest BCUT2D eigenvalue weighted by Gasteiger charge is 2.13. The average Bonchev–Trinajstić information content (AvgIpc) is 2.98. The number of hydrogen-bond donors (Lipinski definition) is 1. The minimum atomic E-state index is 0.0211. The fraction of sp³-hybridized carbons (Fsp3) is 0.300. The van der Waals surface area contributed by atoms with E-state index in [1.807, 2.05) is 25.1 Å². The monoisotopic (exact) mass is 338 g/mol. The lowest BCUT2D eigenvalue weighted by Crippen LogP contribution is -2.27. The Morgan fingerprint density at radius 1 is 1.21 bits per heavy atom. The molecule has 0 fully saturated rings. The Bertz CT molecular complexity index is 836. The minimum absolute atomic E-state index is 0.0211. The molecule has 0 radical (unpaired) electrons. The van der Waals surface area contributed by atoms with Gasteiger partial charge in [0.25, 0.3) is 0 Å². The summed E-state index contributed by atoms with van der Waals surface area (Å²) in [5, 5.41) is 4.13. The molecule has 0 aliphatic rings. The Morgan fingerprint density at radius 3 is 2.79 bits per heavy atom. The largest absolute Gasteiger partial charge is 0.350 e. The summed E-state index contributed by atoms with van der Waals surface area (Å²) in [6, 6.07) is 14.5. The van der Waals surface area contributed by atoms with Gasteiger partial charge in [-0.05, 0) is 44.0 Å². The highest BCUT2D eigenvalue weighted by atomic mass is 32.1. The third kappa shape index (κ3) is 3.82. The van der Waals surface area contributed by atoms with Gasteiger partial charge >= 0.3 is 0 Å². The first-order chi connectivity index (χ1) is 11.5. The van der Waals surface area contributed by atoms with Gasteiger partial charge in [0, 0.05) is 12.8 Å². The number of fused-ring (bicyclic) bond motifs is 1. The molecule has 0 unspecified atom stereocenters. The van der Waals surface area contributed by atoms with Gasteiger partial charge in [0.15, 0.2) is 0 Å². The highest BCUT2D eigenvalue weighted by Crippen LogP contribution is 2.23. The van der Waals surface area contributed by atoms with Crippen LogP contribution in [0.3, 0.4) is 0 Å². The van der Waals surface area contributed by atoms with E-state index in [-0.39, 0.29) is 11.9 Å². The molecule has 4 heteroatoms. The van der Waals surface area contributed by atoms with Crippen LogP contribution in [-0.4, -0.2) is 10.9 Å². The van der Waals surface area contributed by atoms with Crippen LogP contribution in [0.1, 0.15) is 41.1 Å². The molecule has 1 atom stereocenters. The minimum Gasteiger partial charge on any atom is -0.350 e. The van der Waals surface area contributed by atoms with Crippen molar-refractivity contribution in [3.8, 4) is 0 Å². The molecule has 1 N–H and O–H groups in total. The summed E-state index contributed by atoms with van der Waals surface area (Å²) in [6.07, 6.45) is 1.15. The van der Waals surface area contributed by atoms with Crippen LogP contribution in [0.15, 0.2) is 42.5 Å². The van der Waals surface area contributed by atoms with Gasteiger partial charge in [0.1, 0.15) is 0 Å². The van der Waals surface area contributed by atoms with Gasteiger partial charge in [0.05, 0.1) is 21.3 Å².